The number of hydrogen-bond acceptors (Lipinski definition) is 1. The Morgan fingerprint density at radius 3 is 2.00 bits per heavy atom. The van der Waals surface area contributed by atoms with Gasteiger partial charge >= 0.3 is 0 Å². The zero-order chi connectivity index (χ0) is 9.78. The lowest BCUT2D eigenvalue weighted by atomic mass is 9.87. The smallest absolute Gasteiger partial charge is 0.171 e. The molecule has 0 N–H and O–H groups in total. The first-order chi connectivity index (χ1) is 5.38. The maximum atomic E-state index is 5.91. The van der Waals surface area contributed by atoms with Gasteiger partial charge in [-0.3, -0.25) is 0 Å². The van der Waals surface area contributed by atoms with Crippen LogP contribution in [0.4, 0.5) is 0 Å². The lowest BCUT2D eigenvalue weighted by Crippen LogP contribution is -2.25. The molecule has 0 saturated carbocycles. The highest BCUT2D eigenvalue weighted by molar-refractivity contribution is 6.48. The molecule has 0 fully saturated rings. The first kappa shape index (κ1) is 12.2. The van der Waals surface area contributed by atoms with Crippen molar-refractivity contribution in [1.82, 2.24) is 0 Å². The molecule has 2 heteroatoms. The van der Waals surface area contributed by atoms with E-state index in [9.17, 15) is 0 Å². The van der Waals surface area contributed by atoms with E-state index < -0.39 is 9.04 Å². The van der Waals surface area contributed by atoms with E-state index in [1.165, 1.54) is 12.5 Å². The van der Waals surface area contributed by atoms with E-state index in [1.54, 1.807) is 0 Å². The van der Waals surface area contributed by atoms with Gasteiger partial charge in [-0.15, -0.1) is 0 Å². The first-order valence-electron chi connectivity index (χ1n) is 4.91. The lowest BCUT2D eigenvalue weighted by Gasteiger charge is -2.31. The van der Waals surface area contributed by atoms with E-state index in [4.69, 9.17) is 4.43 Å². The fourth-order valence-corrected chi connectivity index (χ4v) is 2.16. The molecule has 0 aliphatic rings. The van der Waals surface area contributed by atoms with E-state index in [0.717, 1.165) is 6.42 Å². The molecule has 0 spiro atoms. The van der Waals surface area contributed by atoms with Crippen LogP contribution in [0.5, 0.6) is 0 Å². The van der Waals surface area contributed by atoms with Crippen LogP contribution in [0.3, 0.4) is 0 Å². The molecular formula is C10H23OSi. The Balaban J connectivity index is 4.04. The number of hydrogen-bond donors (Lipinski definition) is 0. The molecule has 0 rings (SSSR count). The van der Waals surface area contributed by atoms with Gasteiger partial charge in [-0.1, -0.05) is 34.1 Å². The summed E-state index contributed by atoms with van der Waals surface area (Å²) in [7, 11) is -0.897. The van der Waals surface area contributed by atoms with Gasteiger partial charge in [0.05, 0.1) is 6.10 Å². The van der Waals surface area contributed by atoms with Gasteiger partial charge < -0.3 is 4.43 Å². The fraction of sp³-hybridized carbons (Fsp3) is 0.900. The van der Waals surface area contributed by atoms with Crippen LogP contribution < -0.4 is 0 Å². The molecule has 0 aromatic rings. The quantitative estimate of drug-likeness (QED) is 0.613. The molecule has 0 aromatic heterocycles. The third-order valence-electron chi connectivity index (χ3n) is 1.69. The van der Waals surface area contributed by atoms with Crippen molar-refractivity contribution in [2.75, 3.05) is 0 Å². The Labute approximate surface area is 79.2 Å². The maximum absolute atomic E-state index is 5.91. The molecule has 0 saturated heterocycles. The SMILES string of the molecule is CCC[C](O[SiH](C)C)C(C)(C)C. The molecule has 0 amide bonds. The highest BCUT2D eigenvalue weighted by atomic mass is 28.3. The molecule has 0 aliphatic heterocycles. The molecule has 12 heavy (non-hydrogen) atoms. The monoisotopic (exact) mass is 187 g/mol. The zero-order valence-corrected chi connectivity index (χ0v) is 10.6. The molecule has 0 aromatic carbocycles. The van der Waals surface area contributed by atoms with Gasteiger partial charge in [0, 0.05) is 0 Å². The summed E-state index contributed by atoms with van der Waals surface area (Å²) in [6.45, 7) is 13.3. The topological polar surface area (TPSA) is 9.23 Å². The van der Waals surface area contributed by atoms with E-state index in [2.05, 4.69) is 40.8 Å². The second-order valence-corrected chi connectivity index (χ2v) is 6.92. The third kappa shape index (κ3) is 4.94. The number of rotatable bonds is 4. The van der Waals surface area contributed by atoms with Gasteiger partial charge in [-0.2, -0.15) is 0 Å². The summed E-state index contributed by atoms with van der Waals surface area (Å²) >= 11 is 0. The van der Waals surface area contributed by atoms with Gasteiger partial charge in [-0.25, -0.2) is 0 Å². The summed E-state index contributed by atoms with van der Waals surface area (Å²) in [6, 6.07) is 0. The van der Waals surface area contributed by atoms with Crippen LogP contribution in [0.25, 0.3) is 0 Å². The van der Waals surface area contributed by atoms with E-state index in [-0.39, 0.29) is 5.41 Å². The second-order valence-electron chi connectivity index (χ2n) is 4.59. The van der Waals surface area contributed by atoms with Gasteiger partial charge in [0.2, 0.25) is 0 Å². The van der Waals surface area contributed by atoms with E-state index >= 15 is 0 Å². The molecule has 0 atom stereocenters. The van der Waals surface area contributed by atoms with Crippen molar-refractivity contribution in [3.8, 4) is 0 Å². The summed E-state index contributed by atoms with van der Waals surface area (Å²) in [5, 5.41) is 0. The lowest BCUT2D eigenvalue weighted by molar-refractivity contribution is 0.186. The molecule has 0 aliphatic carbocycles. The average molecular weight is 187 g/mol. The van der Waals surface area contributed by atoms with Crippen LogP contribution in [-0.4, -0.2) is 9.04 Å². The van der Waals surface area contributed by atoms with Crippen molar-refractivity contribution in [3.63, 3.8) is 0 Å². The molecule has 0 heterocycles. The molecule has 0 unspecified atom stereocenters. The zero-order valence-electron chi connectivity index (χ0n) is 9.40. The molecule has 1 nitrogen and oxygen atoms in total. The molecule has 0 bridgehead atoms. The summed E-state index contributed by atoms with van der Waals surface area (Å²) in [6.07, 6.45) is 3.61. The molecular weight excluding hydrogens is 164 g/mol. The fourth-order valence-electron chi connectivity index (χ4n) is 1.12. The van der Waals surface area contributed by atoms with Crippen molar-refractivity contribution < 1.29 is 4.43 Å². The van der Waals surface area contributed by atoms with Crippen molar-refractivity contribution in [2.45, 2.75) is 53.6 Å². The molecule has 1 radical (unpaired) electrons. The Bertz CT molecular complexity index is 115. The predicted octanol–water partition coefficient (Wildman–Crippen LogP) is 3.36. The van der Waals surface area contributed by atoms with Crippen LogP contribution in [0.1, 0.15) is 40.5 Å². The molecule has 73 valence electrons. The Morgan fingerprint density at radius 2 is 1.75 bits per heavy atom. The minimum absolute atomic E-state index is 0.229. The van der Waals surface area contributed by atoms with Gasteiger partial charge in [0.15, 0.2) is 9.04 Å². The van der Waals surface area contributed by atoms with Crippen LogP contribution >= 0.6 is 0 Å². The normalized spacial score (nSPS) is 13.0. The van der Waals surface area contributed by atoms with Crippen molar-refractivity contribution in [3.05, 3.63) is 6.10 Å². The Kier molecular flexibility index (Phi) is 5.10. The van der Waals surface area contributed by atoms with Crippen LogP contribution in [0.2, 0.25) is 13.1 Å². The summed E-state index contributed by atoms with van der Waals surface area (Å²) in [5.41, 5.74) is 0.229. The minimum Gasteiger partial charge on any atom is -0.412 e. The van der Waals surface area contributed by atoms with E-state index in [0.29, 0.717) is 0 Å². The summed E-state index contributed by atoms with van der Waals surface area (Å²) in [4.78, 5) is 0. The van der Waals surface area contributed by atoms with Gasteiger partial charge in [0.1, 0.15) is 0 Å². The van der Waals surface area contributed by atoms with Crippen LogP contribution in [0.15, 0.2) is 0 Å². The van der Waals surface area contributed by atoms with Crippen LogP contribution in [-0.2, 0) is 4.43 Å². The highest BCUT2D eigenvalue weighted by Gasteiger charge is 2.26. The minimum atomic E-state index is -0.897. The first-order valence-corrected chi connectivity index (χ1v) is 7.69. The van der Waals surface area contributed by atoms with Crippen molar-refractivity contribution in [2.24, 2.45) is 5.41 Å². The Morgan fingerprint density at radius 1 is 1.25 bits per heavy atom. The van der Waals surface area contributed by atoms with Gasteiger partial charge in [0.25, 0.3) is 0 Å². The maximum Gasteiger partial charge on any atom is 0.171 e. The summed E-state index contributed by atoms with van der Waals surface area (Å²) < 4.78 is 5.91. The largest absolute Gasteiger partial charge is 0.412 e. The average Bonchev–Trinajstić information content (AvgIpc) is 1.83. The van der Waals surface area contributed by atoms with Crippen molar-refractivity contribution in [1.29, 1.82) is 0 Å². The van der Waals surface area contributed by atoms with E-state index in [1.807, 2.05) is 0 Å². The highest BCUT2D eigenvalue weighted by Crippen LogP contribution is 2.33. The predicted molar refractivity (Wildman–Crippen MR) is 57.6 cm³/mol. The Hall–Kier alpha value is 0.177. The standard InChI is InChI=1S/C10H23OSi/c1-7-8-9(10(2,3)4)11-12(5)6/h12H,7-8H2,1-6H3. The van der Waals surface area contributed by atoms with Gasteiger partial charge in [-0.05, 0) is 24.9 Å². The third-order valence-corrected chi connectivity index (χ3v) is 2.45. The second kappa shape index (κ2) is 5.03. The summed E-state index contributed by atoms with van der Waals surface area (Å²) in [5.74, 6) is 0. The van der Waals surface area contributed by atoms with Crippen LogP contribution in [0, 0.1) is 11.5 Å². The van der Waals surface area contributed by atoms with Crippen molar-refractivity contribution >= 4 is 9.04 Å².